The van der Waals surface area contributed by atoms with Crippen LogP contribution in [0.5, 0.6) is 0 Å². The molecule has 0 spiro atoms. The molecule has 0 heterocycles. The van der Waals surface area contributed by atoms with Gasteiger partial charge in [-0.15, -0.1) is 11.6 Å². The zero-order valence-electron chi connectivity index (χ0n) is 7.83. The number of carboxylic acids is 1. The van der Waals surface area contributed by atoms with Crippen LogP contribution >= 0.6 is 11.6 Å². The van der Waals surface area contributed by atoms with Gasteiger partial charge in [0.2, 0.25) is 0 Å². The molecule has 0 unspecified atom stereocenters. The molecule has 3 heteroatoms. The molecule has 1 N–H and O–H groups in total. The lowest BCUT2D eigenvalue weighted by Gasteiger charge is -2.06. The first-order valence-electron chi connectivity index (χ1n) is 4.24. The topological polar surface area (TPSA) is 37.3 Å². The number of carbonyl (C=O) groups is 1. The van der Waals surface area contributed by atoms with E-state index in [1.165, 1.54) is 0 Å². The molecule has 1 aromatic carbocycles. The predicted octanol–water partition coefficient (Wildman–Crippen LogP) is 2.91. The minimum atomic E-state index is -0.926. The zero-order chi connectivity index (χ0) is 10.6. The smallest absolute Gasteiger partial charge is 0.335 e. The van der Waals surface area contributed by atoms with Gasteiger partial charge in [0, 0.05) is 5.88 Å². The standard InChI is InChI=1S/C11H11ClO2/c1-2-9(11(13)14)10-6-4-3-5-8(10)7-12/h2-6H,7H2,1H3,(H,13,14)/b9-2+. The Morgan fingerprint density at radius 2 is 2.14 bits per heavy atom. The maximum absolute atomic E-state index is 10.9. The van der Waals surface area contributed by atoms with Gasteiger partial charge in [0.05, 0.1) is 5.57 Å². The lowest BCUT2D eigenvalue weighted by molar-refractivity contribution is -0.130. The number of rotatable bonds is 3. The SMILES string of the molecule is C/C=C(/C(=O)O)c1ccccc1CCl. The average Bonchev–Trinajstić information content (AvgIpc) is 2.19. The first-order chi connectivity index (χ1) is 6.70. The monoisotopic (exact) mass is 210 g/mol. The van der Waals surface area contributed by atoms with Crippen molar-refractivity contribution in [1.82, 2.24) is 0 Å². The van der Waals surface area contributed by atoms with E-state index < -0.39 is 5.97 Å². The minimum Gasteiger partial charge on any atom is -0.478 e. The van der Waals surface area contributed by atoms with Gasteiger partial charge in [0.1, 0.15) is 0 Å². The number of carboxylic acid groups (broad SMARTS) is 1. The van der Waals surface area contributed by atoms with Gasteiger partial charge >= 0.3 is 5.97 Å². The van der Waals surface area contributed by atoms with Crippen LogP contribution in [0.25, 0.3) is 5.57 Å². The Labute approximate surface area is 87.8 Å². The third-order valence-electron chi connectivity index (χ3n) is 1.97. The maximum Gasteiger partial charge on any atom is 0.335 e. The summed E-state index contributed by atoms with van der Waals surface area (Å²) in [5.41, 5.74) is 1.82. The number of alkyl halides is 1. The van der Waals surface area contributed by atoms with Gasteiger partial charge in [-0.25, -0.2) is 4.79 Å². The van der Waals surface area contributed by atoms with Crippen LogP contribution in [0.3, 0.4) is 0 Å². The molecule has 0 aromatic heterocycles. The second kappa shape index (κ2) is 4.82. The van der Waals surface area contributed by atoms with Crippen molar-refractivity contribution in [3.05, 3.63) is 41.5 Å². The lowest BCUT2D eigenvalue weighted by atomic mass is 10.0. The van der Waals surface area contributed by atoms with Gasteiger partial charge in [-0.05, 0) is 18.1 Å². The summed E-state index contributed by atoms with van der Waals surface area (Å²) in [6.45, 7) is 1.70. The van der Waals surface area contributed by atoms with E-state index in [-0.39, 0.29) is 0 Å². The summed E-state index contributed by atoms with van der Waals surface area (Å²) in [6, 6.07) is 7.24. The van der Waals surface area contributed by atoms with E-state index in [0.29, 0.717) is 17.0 Å². The van der Waals surface area contributed by atoms with Crippen LogP contribution in [0.2, 0.25) is 0 Å². The molecule has 14 heavy (non-hydrogen) atoms. The van der Waals surface area contributed by atoms with Crippen LogP contribution in [0, 0.1) is 0 Å². The Hall–Kier alpha value is -1.28. The van der Waals surface area contributed by atoms with Crippen molar-refractivity contribution in [3.63, 3.8) is 0 Å². The van der Waals surface area contributed by atoms with E-state index in [9.17, 15) is 4.79 Å². The van der Waals surface area contributed by atoms with Crippen molar-refractivity contribution < 1.29 is 9.90 Å². The molecule has 1 rings (SSSR count). The van der Waals surface area contributed by atoms with Gasteiger partial charge in [0.15, 0.2) is 0 Å². The molecule has 0 atom stereocenters. The van der Waals surface area contributed by atoms with Crippen molar-refractivity contribution in [1.29, 1.82) is 0 Å². The zero-order valence-corrected chi connectivity index (χ0v) is 8.58. The lowest BCUT2D eigenvalue weighted by Crippen LogP contribution is -2.01. The quantitative estimate of drug-likeness (QED) is 0.615. The van der Waals surface area contributed by atoms with Gasteiger partial charge in [0.25, 0.3) is 0 Å². The van der Waals surface area contributed by atoms with Gasteiger partial charge < -0.3 is 5.11 Å². The molecule has 74 valence electrons. The van der Waals surface area contributed by atoms with E-state index in [1.54, 1.807) is 25.1 Å². The molecule has 0 saturated carbocycles. The van der Waals surface area contributed by atoms with Crippen molar-refractivity contribution in [2.75, 3.05) is 0 Å². The third-order valence-corrected chi connectivity index (χ3v) is 2.26. The van der Waals surface area contributed by atoms with Crippen LogP contribution in [0.1, 0.15) is 18.1 Å². The molecule has 0 radical (unpaired) electrons. The number of hydrogen-bond donors (Lipinski definition) is 1. The maximum atomic E-state index is 10.9. The molecule has 0 bridgehead atoms. The molecular formula is C11H11ClO2. The molecule has 0 saturated heterocycles. The Morgan fingerprint density at radius 3 is 2.64 bits per heavy atom. The second-order valence-corrected chi connectivity index (χ2v) is 3.07. The second-order valence-electron chi connectivity index (χ2n) is 2.80. The molecule has 0 aliphatic carbocycles. The van der Waals surface area contributed by atoms with Crippen LogP contribution in [0.15, 0.2) is 30.3 Å². The summed E-state index contributed by atoms with van der Waals surface area (Å²) in [6.07, 6.45) is 1.58. The molecule has 0 aliphatic rings. The van der Waals surface area contributed by atoms with E-state index in [1.807, 2.05) is 12.1 Å². The number of aliphatic carboxylic acids is 1. The van der Waals surface area contributed by atoms with E-state index >= 15 is 0 Å². The highest BCUT2D eigenvalue weighted by Crippen LogP contribution is 2.20. The van der Waals surface area contributed by atoms with Crippen molar-refractivity contribution in [2.45, 2.75) is 12.8 Å². The third kappa shape index (κ3) is 2.15. The fourth-order valence-electron chi connectivity index (χ4n) is 1.29. The number of hydrogen-bond acceptors (Lipinski definition) is 1. The molecular weight excluding hydrogens is 200 g/mol. The Kier molecular flexibility index (Phi) is 3.72. The Balaban J connectivity index is 3.23. The Morgan fingerprint density at radius 1 is 1.50 bits per heavy atom. The first kappa shape index (κ1) is 10.8. The number of benzene rings is 1. The average molecular weight is 211 g/mol. The highest BCUT2D eigenvalue weighted by atomic mass is 35.5. The highest BCUT2D eigenvalue weighted by Gasteiger charge is 2.11. The summed E-state index contributed by atoms with van der Waals surface area (Å²) in [4.78, 5) is 10.9. The normalized spacial score (nSPS) is 11.4. The summed E-state index contributed by atoms with van der Waals surface area (Å²) in [5.74, 6) is -0.606. The van der Waals surface area contributed by atoms with Gasteiger partial charge in [-0.2, -0.15) is 0 Å². The molecule has 2 nitrogen and oxygen atoms in total. The van der Waals surface area contributed by atoms with Crippen molar-refractivity contribution in [3.8, 4) is 0 Å². The summed E-state index contributed by atoms with van der Waals surface area (Å²) >= 11 is 5.72. The van der Waals surface area contributed by atoms with Crippen LogP contribution in [-0.4, -0.2) is 11.1 Å². The first-order valence-corrected chi connectivity index (χ1v) is 4.78. The number of allylic oxidation sites excluding steroid dienone is 1. The summed E-state index contributed by atoms with van der Waals surface area (Å²) in [5, 5.41) is 8.94. The fraction of sp³-hybridized carbons (Fsp3) is 0.182. The Bertz CT molecular complexity index is 369. The number of halogens is 1. The molecule has 1 aromatic rings. The highest BCUT2D eigenvalue weighted by molar-refractivity contribution is 6.19. The van der Waals surface area contributed by atoms with E-state index in [0.717, 1.165) is 5.56 Å². The summed E-state index contributed by atoms with van der Waals surface area (Å²) < 4.78 is 0. The summed E-state index contributed by atoms with van der Waals surface area (Å²) in [7, 11) is 0. The van der Waals surface area contributed by atoms with Gasteiger partial charge in [-0.3, -0.25) is 0 Å². The van der Waals surface area contributed by atoms with Crippen molar-refractivity contribution in [2.24, 2.45) is 0 Å². The minimum absolute atomic E-state index is 0.293. The predicted molar refractivity (Wildman–Crippen MR) is 57.3 cm³/mol. The van der Waals surface area contributed by atoms with Crippen LogP contribution in [-0.2, 0) is 10.7 Å². The van der Waals surface area contributed by atoms with E-state index in [4.69, 9.17) is 16.7 Å². The van der Waals surface area contributed by atoms with Crippen LogP contribution in [0.4, 0.5) is 0 Å². The molecule has 0 aliphatic heterocycles. The van der Waals surface area contributed by atoms with E-state index in [2.05, 4.69) is 0 Å². The van der Waals surface area contributed by atoms with Crippen molar-refractivity contribution >= 4 is 23.1 Å². The fourth-order valence-corrected chi connectivity index (χ4v) is 1.53. The van der Waals surface area contributed by atoms with Crippen LogP contribution < -0.4 is 0 Å². The van der Waals surface area contributed by atoms with Gasteiger partial charge in [-0.1, -0.05) is 30.3 Å². The molecule has 0 amide bonds. The largest absolute Gasteiger partial charge is 0.478 e. The molecule has 0 fully saturated rings.